The van der Waals surface area contributed by atoms with Crippen LogP contribution >= 0.6 is 11.3 Å². The van der Waals surface area contributed by atoms with Crippen LogP contribution in [0.5, 0.6) is 0 Å². The minimum atomic E-state index is 0.875. The molecule has 0 aliphatic carbocycles. The van der Waals surface area contributed by atoms with E-state index in [1.807, 2.05) is 17.4 Å². The Hall–Kier alpha value is -6.16. The van der Waals surface area contributed by atoms with Crippen LogP contribution in [0.1, 0.15) is 0 Å². The van der Waals surface area contributed by atoms with E-state index in [0.717, 1.165) is 39.0 Å². The molecular weight excluding hydrogens is 615 g/mol. The van der Waals surface area contributed by atoms with Crippen LogP contribution in [0.3, 0.4) is 0 Å². The van der Waals surface area contributed by atoms with Crippen molar-refractivity contribution in [1.29, 1.82) is 0 Å². The summed E-state index contributed by atoms with van der Waals surface area (Å²) in [6.45, 7) is 0. The number of rotatable bonds is 5. The minimum absolute atomic E-state index is 0.875. The molecule has 0 radical (unpaired) electrons. The van der Waals surface area contributed by atoms with Crippen LogP contribution in [0.2, 0.25) is 0 Å². The maximum Gasteiger partial charge on any atom is 0.137 e. The van der Waals surface area contributed by atoms with Crippen molar-refractivity contribution in [1.82, 2.24) is 0 Å². The summed E-state index contributed by atoms with van der Waals surface area (Å²) in [5.41, 5.74) is 9.78. The van der Waals surface area contributed by atoms with E-state index >= 15 is 0 Å². The van der Waals surface area contributed by atoms with E-state index in [-0.39, 0.29) is 0 Å². The summed E-state index contributed by atoms with van der Waals surface area (Å²) < 4.78 is 9.05. The quantitative estimate of drug-likeness (QED) is 0.186. The fraction of sp³-hybridized carbons (Fsp3) is 0. The highest BCUT2D eigenvalue weighted by Crippen LogP contribution is 2.46. The third kappa shape index (κ3) is 4.62. The van der Waals surface area contributed by atoms with E-state index < -0.39 is 0 Å². The SMILES string of the molecule is c1ccc(-c2ccc(N(c3ccc4cc5sc6ccccc6c5cc4c3)c3cccc4oc5ccccc5c34)cc2-c2ccccc2)cc1. The Bertz CT molecular complexity index is 2830. The molecule has 0 amide bonds. The number of hydrogen-bond acceptors (Lipinski definition) is 3. The number of fused-ring (bicyclic) bond motifs is 7. The van der Waals surface area contributed by atoms with Crippen molar-refractivity contribution in [2.45, 2.75) is 0 Å². The smallest absolute Gasteiger partial charge is 0.137 e. The molecule has 2 aromatic heterocycles. The van der Waals surface area contributed by atoms with Crippen LogP contribution in [0, 0.1) is 0 Å². The topological polar surface area (TPSA) is 16.4 Å². The molecule has 10 aromatic rings. The zero-order chi connectivity index (χ0) is 32.3. The monoisotopic (exact) mass is 643 g/mol. The Labute approximate surface area is 287 Å². The van der Waals surface area contributed by atoms with E-state index in [0.29, 0.717) is 0 Å². The second-order valence-electron chi connectivity index (χ2n) is 12.5. The number of furan rings is 1. The highest BCUT2D eigenvalue weighted by Gasteiger charge is 2.21. The molecule has 3 heteroatoms. The summed E-state index contributed by atoms with van der Waals surface area (Å²) >= 11 is 1.86. The summed E-state index contributed by atoms with van der Waals surface area (Å²) in [5, 5.41) is 7.27. The molecule has 2 heterocycles. The molecule has 0 fully saturated rings. The third-order valence-electron chi connectivity index (χ3n) is 9.63. The Kier molecular flexibility index (Phi) is 6.39. The van der Waals surface area contributed by atoms with Crippen LogP contribution in [0.25, 0.3) is 75.1 Å². The van der Waals surface area contributed by atoms with Crippen molar-refractivity contribution in [3.8, 4) is 22.3 Å². The molecule has 10 rings (SSSR count). The van der Waals surface area contributed by atoms with Crippen LogP contribution in [0.15, 0.2) is 180 Å². The molecule has 0 unspecified atom stereocenters. The predicted octanol–water partition coefficient (Wildman–Crippen LogP) is 13.9. The van der Waals surface area contributed by atoms with Crippen molar-refractivity contribution in [2.75, 3.05) is 4.90 Å². The van der Waals surface area contributed by atoms with Crippen LogP contribution in [-0.4, -0.2) is 0 Å². The Morgan fingerprint density at radius 3 is 1.92 bits per heavy atom. The van der Waals surface area contributed by atoms with Crippen molar-refractivity contribution in [2.24, 2.45) is 0 Å². The third-order valence-corrected chi connectivity index (χ3v) is 10.8. The maximum atomic E-state index is 6.41. The minimum Gasteiger partial charge on any atom is -0.456 e. The largest absolute Gasteiger partial charge is 0.456 e. The lowest BCUT2D eigenvalue weighted by Crippen LogP contribution is -2.10. The summed E-state index contributed by atoms with van der Waals surface area (Å²) in [7, 11) is 0. The van der Waals surface area contributed by atoms with Crippen molar-refractivity contribution in [3.05, 3.63) is 176 Å². The van der Waals surface area contributed by atoms with Gasteiger partial charge >= 0.3 is 0 Å². The standard InChI is InChI=1S/C46H29NOS/c1-3-12-30(13-4-1)36-25-24-35(29-39(36)31-14-5-2-6-15-31)47(41-18-11-20-43-46(41)38-17-7-9-19-42(38)48-43)34-23-22-32-28-45-40(27-33(32)26-34)37-16-8-10-21-44(37)49-45/h1-29H. The van der Waals surface area contributed by atoms with Crippen LogP contribution in [-0.2, 0) is 0 Å². The Morgan fingerprint density at radius 2 is 1.08 bits per heavy atom. The van der Waals surface area contributed by atoms with Crippen molar-refractivity contribution >= 4 is 81.3 Å². The lowest BCUT2D eigenvalue weighted by atomic mass is 9.93. The molecule has 0 saturated carbocycles. The van der Waals surface area contributed by atoms with Gasteiger partial charge in [0.15, 0.2) is 0 Å². The highest BCUT2D eigenvalue weighted by atomic mass is 32.1. The fourth-order valence-electron chi connectivity index (χ4n) is 7.36. The van der Waals surface area contributed by atoms with Gasteiger partial charge in [-0.25, -0.2) is 0 Å². The Morgan fingerprint density at radius 1 is 0.408 bits per heavy atom. The molecule has 0 spiro atoms. The lowest BCUT2D eigenvalue weighted by Gasteiger charge is -2.28. The van der Waals surface area contributed by atoms with Crippen molar-refractivity contribution in [3.63, 3.8) is 0 Å². The molecule has 0 aliphatic rings. The van der Waals surface area contributed by atoms with Gasteiger partial charge < -0.3 is 9.32 Å². The van der Waals surface area contributed by atoms with Gasteiger partial charge in [0.25, 0.3) is 0 Å². The highest BCUT2D eigenvalue weighted by molar-refractivity contribution is 7.25. The Balaban J connectivity index is 1.25. The summed E-state index contributed by atoms with van der Waals surface area (Å²) in [5.74, 6) is 0. The molecule has 0 bridgehead atoms. The molecule has 230 valence electrons. The summed E-state index contributed by atoms with van der Waals surface area (Å²) in [4.78, 5) is 2.40. The van der Waals surface area contributed by atoms with E-state index in [2.05, 4.69) is 175 Å². The normalized spacial score (nSPS) is 11.7. The number of anilines is 3. The fourth-order valence-corrected chi connectivity index (χ4v) is 8.50. The van der Waals surface area contributed by atoms with Gasteiger partial charge in [-0.2, -0.15) is 0 Å². The molecule has 2 nitrogen and oxygen atoms in total. The predicted molar refractivity (Wildman–Crippen MR) is 210 cm³/mol. The molecule has 8 aromatic carbocycles. The first kappa shape index (κ1) is 27.9. The van der Waals surface area contributed by atoms with Gasteiger partial charge in [0.1, 0.15) is 11.2 Å². The van der Waals surface area contributed by atoms with Crippen LogP contribution < -0.4 is 4.90 Å². The van der Waals surface area contributed by atoms with E-state index in [9.17, 15) is 0 Å². The molecular formula is C46H29NOS. The number of benzene rings is 8. The average Bonchev–Trinajstić information content (AvgIpc) is 3.73. The maximum absolute atomic E-state index is 6.41. The summed E-state index contributed by atoms with van der Waals surface area (Å²) in [6.07, 6.45) is 0. The molecule has 0 atom stereocenters. The molecule has 0 N–H and O–H groups in total. The zero-order valence-corrected chi connectivity index (χ0v) is 27.3. The van der Waals surface area contributed by atoms with Gasteiger partial charge in [-0.15, -0.1) is 11.3 Å². The second-order valence-corrected chi connectivity index (χ2v) is 13.6. The first-order valence-corrected chi connectivity index (χ1v) is 17.4. The lowest BCUT2D eigenvalue weighted by molar-refractivity contribution is 0.669. The molecule has 49 heavy (non-hydrogen) atoms. The second kappa shape index (κ2) is 11.2. The van der Waals surface area contributed by atoms with Crippen molar-refractivity contribution < 1.29 is 4.42 Å². The van der Waals surface area contributed by atoms with Gasteiger partial charge in [0.05, 0.1) is 11.1 Å². The van der Waals surface area contributed by atoms with E-state index in [1.54, 1.807) is 0 Å². The number of para-hydroxylation sites is 1. The first-order chi connectivity index (χ1) is 24.3. The molecule has 0 saturated heterocycles. The average molecular weight is 644 g/mol. The first-order valence-electron chi connectivity index (χ1n) is 16.6. The van der Waals surface area contributed by atoms with Gasteiger partial charge in [0.2, 0.25) is 0 Å². The van der Waals surface area contributed by atoms with Gasteiger partial charge in [-0.05, 0) is 93.7 Å². The number of hydrogen-bond donors (Lipinski definition) is 0. The number of nitrogens with zero attached hydrogens (tertiary/aromatic N) is 1. The zero-order valence-electron chi connectivity index (χ0n) is 26.5. The summed E-state index contributed by atoms with van der Waals surface area (Å²) in [6, 6.07) is 63.3. The van der Waals surface area contributed by atoms with E-state index in [1.165, 1.54) is 53.2 Å². The van der Waals surface area contributed by atoms with E-state index in [4.69, 9.17) is 4.42 Å². The number of thiophene rings is 1. The molecule has 0 aliphatic heterocycles. The van der Waals surface area contributed by atoms with Crippen LogP contribution in [0.4, 0.5) is 17.1 Å². The van der Waals surface area contributed by atoms with Gasteiger partial charge in [0, 0.05) is 36.9 Å². The van der Waals surface area contributed by atoms with Gasteiger partial charge in [-0.3, -0.25) is 0 Å². The van der Waals surface area contributed by atoms with Gasteiger partial charge in [-0.1, -0.05) is 115 Å².